The normalized spacial score (nSPS) is 25.9. The number of rotatable bonds is 11. The Morgan fingerprint density at radius 1 is 0.977 bits per heavy atom. The van der Waals surface area contributed by atoms with E-state index in [4.69, 9.17) is 4.74 Å². The van der Waals surface area contributed by atoms with Crippen LogP contribution in [0.5, 0.6) is 0 Å². The lowest BCUT2D eigenvalue weighted by Crippen LogP contribution is -2.54. The summed E-state index contributed by atoms with van der Waals surface area (Å²) in [6.45, 7) is 5.87. The molecular weight excluding hydrogens is 556 g/mol. The van der Waals surface area contributed by atoms with Gasteiger partial charge < -0.3 is 30.3 Å². The molecule has 6 atom stereocenters. The summed E-state index contributed by atoms with van der Waals surface area (Å²) >= 11 is 0. The summed E-state index contributed by atoms with van der Waals surface area (Å²) in [5.41, 5.74) is 2.14. The quantitative estimate of drug-likeness (QED) is 0.310. The molecule has 3 aliphatic rings. The molecule has 230 valence electrons. The highest BCUT2D eigenvalue weighted by atomic mass is 16.5. The first kappa shape index (κ1) is 29.8. The minimum Gasteiger partial charge on any atom is -0.394 e. The fourth-order valence-corrected chi connectivity index (χ4v) is 7.51. The minimum atomic E-state index is -1.18. The number of nitrogens with one attached hydrogen (secondary N) is 2. The molecular formula is C35H40N4O5. The molecule has 0 aliphatic carbocycles. The second kappa shape index (κ2) is 12.4. The van der Waals surface area contributed by atoms with Crippen molar-refractivity contribution in [3.05, 3.63) is 96.1 Å². The maximum atomic E-state index is 14.5. The third-order valence-electron chi connectivity index (χ3n) is 9.56. The molecule has 2 unspecified atom stereocenters. The summed E-state index contributed by atoms with van der Waals surface area (Å²) < 4.78 is 6.58. The van der Waals surface area contributed by atoms with Crippen LogP contribution in [0.3, 0.4) is 0 Å². The van der Waals surface area contributed by atoms with Crippen molar-refractivity contribution in [3.8, 4) is 0 Å². The lowest BCUT2D eigenvalue weighted by atomic mass is 9.70. The lowest BCUT2D eigenvalue weighted by molar-refractivity contribution is -0.144. The van der Waals surface area contributed by atoms with Gasteiger partial charge in [0.1, 0.15) is 11.6 Å². The Hall–Kier alpha value is -4.21. The van der Waals surface area contributed by atoms with Crippen LogP contribution in [0, 0.1) is 11.8 Å². The van der Waals surface area contributed by atoms with Crippen molar-refractivity contribution in [1.29, 1.82) is 0 Å². The Kier molecular flexibility index (Phi) is 8.42. The summed E-state index contributed by atoms with van der Waals surface area (Å²) in [6, 6.07) is 24.7. The van der Waals surface area contributed by atoms with Crippen LogP contribution in [0.2, 0.25) is 0 Å². The van der Waals surface area contributed by atoms with Crippen molar-refractivity contribution in [2.24, 2.45) is 11.8 Å². The average Bonchev–Trinajstić information content (AvgIpc) is 3.70. The first-order valence-electron chi connectivity index (χ1n) is 15.5. The zero-order valence-corrected chi connectivity index (χ0v) is 25.2. The largest absolute Gasteiger partial charge is 0.394 e. The zero-order valence-electron chi connectivity index (χ0n) is 25.2. The number of fused-ring (bicyclic) bond motifs is 1. The van der Waals surface area contributed by atoms with Gasteiger partial charge in [0.15, 0.2) is 0 Å². The molecule has 3 aromatic carbocycles. The molecule has 3 heterocycles. The van der Waals surface area contributed by atoms with Crippen LogP contribution in [0.15, 0.2) is 84.9 Å². The highest BCUT2D eigenvalue weighted by Crippen LogP contribution is 2.59. The molecule has 3 N–H and O–H groups in total. The van der Waals surface area contributed by atoms with Crippen molar-refractivity contribution in [2.45, 2.75) is 57.0 Å². The number of amides is 3. The third-order valence-corrected chi connectivity index (χ3v) is 9.56. The van der Waals surface area contributed by atoms with Gasteiger partial charge in [0.05, 0.1) is 30.6 Å². The van der Waals surface area contributed by atoms with Crippen molar-refractivity contribution >= 4 is 29.1 Å². The Morgan fingerprint density at radius 2 is 1.64 bits per heavy atom. The molecule has 3 fully saturated rings. The molecule has 44 heavy (non-hydrogen) atoms. The second-order valence-corrected chi connectivity index (χ2v) is 11.8. The molecule has 0 radical (unpaired) electrons. The number of benzene rings is 3. The van der Waals surface area contributed by atoms with Gasteiger partial charge >= 0.3 is 0 Å². The summed E-state index contributed by atoms with van der Waals surface area (Å²) in [5.74, 6) is -2.56. The highest BCUT2D eigenvalue weighted by molar-refractivity contribution is 6.03. The number of hydrogen-bond acceptors (Lipinski definition) is 6. The van der Waals surface area contributed by atoms with Crippen molar-refractivity contribution < 1.29 is 24.2 Å². The Labute approximate surface area is 258 Å². The molecule has 9 nitrogen and oxygen atoms in total. The topological polar surface area (TPSA) is 111 Å². The van der Waals surface area contributed by atoms with Crippen LogP contribution >= 0.6 is 0 Å². The van der Waals surface area contributed by atoms with Crippen molar-refractivity contribution in [2.75, 3.05) is 29.9 Å². The van der Waals surface area contributed by atoms with Gasteiger partial charge in [-0.15, -0.1) is 0 Å². The van der Waals surface area contributed by atoms with E-state index in [2.05, 4.69) is 29.4 Å². The van der Waals surface area contributed by atoms with Crippen LogP contribution in [0.25, 0.3) is 0 Å². The van der Waals surface area contributed by atoms with E-state index in [9.17, 15) is 19.5 Å². The number of likely N-dealkylation sites (tertiary alicyclic amines) is 1. The number of nitrogens with zero attached hydrogens (tertiary/aromatic N) is 2. The number of hydrogen-bond donors (Lipinski definition) is 3. The molecule has 9 heteroatoms. The molecule has 0 saturated carbocycles. The van der Waals surface area contributed by atoms with E-state index >= 15 is 0 Å². The van der Waals surface area contributed by atoms with Gasteiger partial charge in [0.25, 0.3) is 0 Å². The molecule has 1 spiro atoms. The predicted octanol–water partition coefficient (Wildman–Crippen LogP) is 3.90. The smallest absolute Gasteiger partial charge is 0.250 e. The van der Waals surface area contributed by atoms with E-state index in [1.165, 1.54) is 4.90 Å². The van der Waals surface area contributed by atoms with Gasteiger partial charge in [-0.25, -0.2) is 0 Å². The minimum absolute atomic E-state index is 0.257. The molecule has 2 bridgehead atoms. The van der Waals surface area contributed by atoms with Gasteiger partial charge in [-0.3, -0.25) is 14.4 Å². The fraction of sp³-hybridized carbons (Fsp3) is 0.400. The number of ether oxygens (including phenoxy) is 1. The van der Waals surface area contributed by atoms with Crippen LogP contribution in [0.1, 0.15) is 43.9 Å². The van der Waals surface area contributed by atoms with Crippen molar-refractivity contribution in [3.63, 3.8) is 0 Å². The highest BCUT2D eigenvalue weighted by Gasteiger charge is 2.75. The van der Waals surface area contributed by atoms with E-state index < -0.39 is 41.5 Å². The zero-order chi connectivity index (χ0) is 30.8. The monoisotopic (exact) mass is 596 g/mol. The number of carbonyl (C=O) groups excluding carboxylic acids is 3. The number of anilines is 2. The summed E-state index contributed by atoms with van der Waals surface area (Å²) in [5, 5.41) is 16.7. The number of aliphatic hydroxyl groups is 1. The van der Waals surface area contributed by atoms with Crippen LogP contribution in [0.4, 0.5) is 11.4 Å². The average molecular weight is 597 g/mol. The van der Waals surface area contributed by atoms with Gasteiger partial charge in [-0.1, -0.05) is 60.7 Å². The van der Waals surface area contributed by atoms with E-state index in [0.717, 1.165) is 24.3 Å². The molecule has 3 saturated heterocycles. The standard InChI is InChI=1S/C35H40N4O5/c1-3-38(4-2)26-17-15-25(16-18-26)37-33(42)31-35-20-19-28(44-35)29(32(41)36-21-23-11-7-5-8-12-23)30(35)34(43)39(31)27(22-40)24-13-9-6-10-14-24/h5-18,27-31,40H,3-4,19-22H2,1-2H3,(H,36,41)(H,37,42)/t27-,28+,29-,30+,31?,35?/m1/s1. The molecule has 3 amide bonds. The van der Waals surface area contributed by atoms with Crippen molar-refractivity contribution in [1.82, 2.24) is 10.2 Å². The molecule has 0 aromatic heterocycles. The Bertz CT molecular complexity index is 1480. The maximum Gasteiger partial charge on any atom is 0.250 e. The maximum absolute atomic E-state index is 14.5. The Balaban J connectivity index is 1.33. The first-order valence-corrected chi connectivity index (χ1v) is 15.5. The third kappa shape index (κ3) is 5.14. The van der Waals surface area contributed by atoms with E-state index in [1.54, 1.807) is 0 Å². The summed E-state index contributed by atoms with van der Waals surface area (Å²) in [6.07, 6.45) is 0.576. The lowest BCUT2D eigenvalue weighted by Gasteiger charge is -2.36. The number of aliphatic hydroxyl groups excluding tert-OH is 1. The van der Waals surface area contributed by atoms with E-state index in [0.29, 0.717) is 30.6 Å². The molecule has 3 aromatic rings. The van der Waals surface area contributed by atoms with Gasteiger partial charge in [-0.2, -0.15) is 0 Å². The van der Waals surface area contributed by atoms with E-state index in [1.807, 2.05) is 84.9 Å². The van der Waals surface area contributed by atoms with Gasteiger partial charge in [-0.05, 0) is 62.1 Å². The molecule has 3 aliphatic heterocycles. The second-order valence-electron chi connectivity index (χ2n) is 11.8. The van der Waals surface area contributed by atoms with Crippen LogP contribution < -0.4 is 15.5 Å². The van der Waals surface area contributed by atoms with E-state index in [-0.39, 0.29) is 18.4 Å². The van der Waals surface area contributed by atoms with Gasteiger partial charge in [0.2, 0.25) is 17.7 Å². The fourth-order valence-electron chi connectivity index (χ4n) is 7.51. The summed E-state index contributed by atoms with van der Waals surface area (Å²) in [7, 11) is 0. The SMILES string of the molecule is CCN(CC)c1ccc(NC(=O)C2N([C@H](CO)c3ccccc3)C(=O)[C@@H]3[C@H](C(=O)NCc4ccccc4)[C@@H]4CCC23O4)cc1. The molecule has 6 rings (SSSR count). The Morgan fingerprint density at radius 3 is 2.27 bits per heavy atom. The number of carbonyl (C=O) groups is 3. The van der Waals surface area contributed by atoms with Crippen LogP contribution in [-0.4, -0.2) is 65.2 Å². The van der Waals surface area contributed by atoms with Crippen LogP contribution in [-0.2, 0) is 25.7 Å². The van der Waals surface area contributed by atoms with Gasteiger partial charge in [0, 0.05) is 31.0 Å². The summed E-state index contributed by atoms with van der Waals surface area (Å²) in [4.78, 5) is 46.1. The first-order chi connectivity index (χ1) is 21.4. The predicted molar refractivity (Wildman–Crippen MR) is 168 cm³/mol.